The summed E-state index contributed by atoms with van der Waals surface area (Å²) in [4.78, 5) is 12.8. The zero-order chi connectivity index (χ0) is 11.8. The second-order valence-corrected chi connectivity index (χ2v) is 5.64. The smallest absolute Gasteiger partial charge is 0.412 e. The Bertz CT molecular complexity index is 286. The van der Waals surface area contributed by atoms with Gasteiger partial charge < -0.3 is 9.84 Å². The van der Waals surface area contributed by atoms with Gasteiger partial charge in [0.25, 0.3) is 0 Å². The van der Waals surface area contributed by atoms with E-state index >= 15 is 0 Å². The van der Waals surface area contributed by atoms with E-state index in [0.717, 1.165) is 32.1 Å². The first kappa shape index (κ1) is 12.2. The average molecular weight is 292 g/mol. The molecule has 0 aromatic carbocycles. The predicted octanol–water partition coefficient (Wildman–Crippen LogP) is 2.24. The van der Waals surface area contributed by atoms with Crippen LogP contribution in [-0.4, -0.2) is 39.3 Å². The van der Waals surface area contributed by atoms with Crippen LogP contribution in [0.15, 0.2) is 0 Å². The van der Waals surface area contributed by atoms with Crippen LogP contribution in [0.2, 0.25) is 0 Å². The molecule has 1 amide bonds. The Morgan fingerprint density at radius 3 is 3.06 bits per heavy atom. The number of hydrogen-bond acceptors (Lipinski definition) is 3. The van der Waals surface area contributed by atoms with Crippen molar-refractivity contribution in [2.24, 2.45) is 0 Å². The Labute approximate surface area is 104 Å². The third-order valence-corrected chi connectivity index (χ3v) is 4.59. The number of aliphatic hydroxyl groups is 1. The summed E-state index contributed by atoms with van der Waals surface area (Å²) in [6.45, 7) is 2.58. The van der Waals surface area contributed by atoms with E-state index in [4.69, 9.17) is 4.74 Å². The van der Waals surface area contributed by atoms with Crippen LogP contribution in [0.3, 0.4) is 0 Å². The lowest BCUT2D eigenvalue weighted by Crippen LogP contribution is -2.32. The molecule has 0 spiro atoms. The first-order valence-electron chi connectivity index (χ1n) is 5.95. The fourth-order valence-electron chi connectivity index (χ4n) is 2.44. The van der Waals surface area contributed by atoms with E-state index in [2.05, 4.69) is 22.9 Å². The third-order valence-electron chi connectivity index (χ3n) is 3.46. The van der Waals surface area contributed by atoms with Gasteiger partial charge in [0.15, 0.2) is 5.72 Å². The van der Waals surface area contributed by atoms with Crippen LogP contribution >= 0.6 is 15.9 Å². The number of fused-ring (bicyclic) bond motifs is 1. The lowest BCUT2D eigenvalue weighted by Gasteiger charge is -2.16. The molecule has 92 valence electrons. The molecule has 0 saturated carbocycles. The second-order valence-electron chi connectivity index (χ2n) is 4.54. The molecule has 5 heteroatoms. The van der Waals surface area contributed by atoms with Gasteiger partial charge in [0, 0.05) is 6.42 Å². The zero-order valence-electron chi connectivity index (χ0n) is 9.49. The molecule has 2 aliphatic rings. The van der Waals surface area contributed by atoms with Crippen LogP contribution in [0, 0.1) is 0 Å². The van der Waals surface area contributed by atoms with Gasteiger partial charge in [0.05, 0.1) is 17.5 Å². The molecule has 0 bridgehead atoms. The van der Waals surface area contributed by atoms with Crippen molar-refractivity contribution in [2.45, 2.75) is 55.6 Å². The summed E-state index contributed by atoms with van der Waals surface area (Å²) >= 11 is 3.51. The number of unbranched alkanes of at least 4 members (excludes halogenated alkanes) is 2. The number of ether oxygens (including phenoxy) is 1. The normalized spacial score (nSPS) is 34.3. The standard InChI is InChI=1S/C11H18BrNO3/c1-2-3-4-5-8(12)11(15)9-6-7-16-10(14)13(9)11/h8-9,15H,2-7H2,1H3/t8?,9-,11?,13?/m1/s1. The van der Waals surface area contributed by atoms with Crippen molar-refractivity contribution < 1.29 is 14.6 Å². The Hall–Kier alpha value is -0.290. The van der Waals surface area contributed by atoms with Gasteiger partial charge in [-0.05, 0) is 6.42 Å². The largest absolute Gasteiger partial charge is 0.449 e. The molecule has 0 aromatic heterocycles. The Kier molecular flexibility index (Phi) is 3.45. The summed E-state index contributed by atoms with van der Waals surface area (Å²) in [6, 6.07) is -0.0419. The van der Waals surface area contributed by atoms with Gasteiger partial charge in [-0.2, -0.15) is 0 Å². The van der Waals surface area contributed by atoms with Crippen LogP contribution in [0.4, 0.5) is 4.79 Å². The molecule has 3 atom stereocenters. The summed E-state index contributed by atoms with van der Waals surface area (Å²) in [7, 11) is 0. The molecule has 0 radical (unpaired) electrons. The quantitative estimate of drug-likeness (QED) is 0.480. The summed E-state index contributed by atoms with van der Waals surface area (Å²) in [6.07, 6.45) is 4.65. The minimum Gasteiger partial charge on any atom is -0.449 e. The van der Waals surface area contributed by atoms with Crippen LogP contribution in [-0.2, 0) is 4.74 Å². The van der Waals surface area contributed by atoms with E-state index in [1.165, 1.54) is 4.90 Å². The van der Waals surface area contributed by atoms with Crippen LogP contribution < -0.4 is 0 Å². The van der Waals surface area contributed by atoms with Crippen molar-refractivity contribution in [3.05, 3.63) is 0 Å². The maximum atomic E-state index is 11.4. The van der Waals surface area contributed by atoms with E-state index in [1.807, 2.05) is 0 Å². The first-order valence-corrected chi connectivity index (χ1v) is 6.86. The van der Waals surface area contributed by atoms with Crippen molar-refractivity contribution in [2.75, 3.05) is 6.61 Å². The fourth-order valence-corrected chi connectivity index (χ4v) is 3.29. The molecule has 0 aromatic rings. The highest BCUT2D eigenvalue weighted by atomic mass is 79.9. The van der Waals surface area contributed by atoms with Gasteiger partial charge in [-0.15, -0.1) is 0 Å². The highest BCUT2D eigenvalue weighted by Crippen LogP contribution is 2.49. The molecule has 2 heterocycles. The highest BCUT2D eigenvalue weighted by molar-refractivity contribution is 9.09. The molecular formula is C11H18BrNO3. The molecule has 2 unspecified atom stereocenters. The van der Waals surface area contributed by atoms with Crippen molar-refractivity contribution >= 4 is 22.0 Å². The number of carbonyl (C=O) groups excluding carboxylic acids is 1. The van der Waals surface area contributed by atoms with Gasteiger partial charge in [0.1, 0.15) is 0 Å². The SMILES string of the molecule is CCCCCC(Br)C1(O)[C@H]2CCOC(=O)N21. The van der Waals surface area contributed by atoms with Gasteiger partial charge in [-0.25, -0.2) is 4.79 Å². The molecular weight excluding hydrogens is 274 g/mol. The van der Waals surface area contributed by atoms with Gasteiger partial charge >= 0.3 is 6.09 Å². The monoisotopic (exact) mass is 291 g/mol. The summed E-state index contributed by atoms with van der Waals surface area (Å²) in [5.41, 5.74) is -0.999. The average Bonchev–Trinajstić information content (AvgIpc) is 2.88. The third kappa shape index (κ3) is 1.84. The zero-order valence-corrected chi connectivity index (χ0v) is 11.1. The van der Waals surface area contributed by atoms with E-state index in [1.54, 1.807) is 0 Å². The summed E-state index contributed by atoms with van der Waals surface area (Å²) < 4.78 is 4.91. The lowest BCUT2D eigenvalue weighted by molar-refractivity contribution is 0.0678. The van der Waals surface area contributed by atoms with Crippen molar-refractivity contribution in [3.63, 3.8) is 0 Å². The number of amides is 1. The van der Waals surface area contributed by atoms with Crippen molar-refractivity contribution in [3.8, 4) is 0 Å². The molecule has 4 nitrogen and oxygen atoms in total. The second kappa shape index (κ2) is 4.53. The van der Waals surface area contributed by atoms with Crippen molar-refractivity contribution in [1.82, 2.24) is 4.90 Å². The molecule has 1 N–H and O–H groups in total. The molecule has 0 aliphatic carbocycles. The number of nitrogens with zero attached hydrogens (tertiary/aromatic N) is 1. The van der Waals surface area contributed by atoms with E-state index < -0.39 is 5.72 Å². The van der Waals surface area contributed by atoms with Gasteiger partial charge in [0.2, 0.25) is 0 Å². The topological polar surface area (TPSA) is 49.5 Å². The van der Waals surface area contributed by atoms with E-state index in [0.29, 0.717) is 6.61 Å². The van der Waals surface area contributed by atoms with Gasteiger partial charge in [-0.3, -0.25) is 4.90 Å². The summed E-state index contributed by atoms with van der Waals surface area (Å²) in [5, 5.41) is 10.4. The maximum absolute atomic E-state index is 11.4. The number of rotatable bonds is 5. The van der Waals surface area contributed by atoms with Gasteiger partial charge in [-0.1, -0.05) is 42.1 Å². The number of carbonyl (C=O) groups is 1. The fraction of sp³-hybridized carbons (Fsp3) is 0.909. The molecule has 2 aliphatic heterocycles. The van der Waals surface area contributed by atoms with Crippen LogP contribution in [0.5, 0.6) is 0 Å². The summed E-state index contributed by atoms with van der Waals surface area (Å²) in [5.74, 6) is 0. The maximum Gasteiger partial charge on any atom is 0.412 e. The van der Waals surface area contributed by atoms with E-state index in [9.17, 15) is 9.90 Å². The van der Waals surface area contributed by atoms with E-state index in [-0.39, 0.29) is 17.0 Å². The highest BCUT2D eigenvalue weighted by Gasteiger charge is 2.69. The number of hydrogen-bond donors (Lipinski definition) is 1. The number of cyclic esters (lactones) is 1. The lowest BCUT2D eigenvalue weighted by atomic mass is 10.1. The minimum atomic E-state index is -0.999. The Balaban J connectivity index is 1.91. The van der Waals surface area contributed by atoms with Crippen LogP contribution in [0.1, 0.15) is 39.0 Å². The molecule has 2 fully saturated rings. The van der Waals surface area contributed by atoms with Crippen molar-refractivity contribution in [1.29, 1.82) is 0 Å². The molecule has 2 rings (SSSR count). The first-order chi connectivity index (χ1) is 7.62. The minimum absolute atomic E-state index is 0.0396. The predicted molar refractivity (Wildman–Crippen MR) is 63.4 cm³/mol. The van der Waals surface area contributed by atoms with Crippen LogP contribution in [0.25, 0.3) is 0 Å². The Morgan fingerprint density at radius 1 is 1.69 bits per heavy atom. The Morgan fingerprint density at radius 2 is 2.44 bits per heavy atom. The molecule has 2 saturated heterocycles. The number of halogens is 1. The number of alkyl halides is 1. The molecule has 16 heavy (non-hydrogen) atoms.